The van der Waals surface area contributed by atoms with Gasteiger partial charge in [-0.15, -0.1) is 0 Å². The lowest BCUT2D eigenvalue weighted by atomic mass is 10.1. The molecule has 178 valence electrons. The van der Waals surface area contributed by atoms with Gasteiger partial charge in [0.15, 0.2) is 0 Å². The van der Waals surface area contributed by atoms with Crippen LogP contribution in [-0.2, 0) is 32.7 Å². The maximum Gasteiger partial charge on any atom is 0.247 e. The second-order valence-electron chi connectivity index (χ2n) is 7.76. The normalized spacial score (nSPS) is 14.5. The largest absolute Gasteiger partial charge is 0.508 e. The fraction of sp³-hybridized carbons (Fsp3) is 0.333. The van der Waals surface area contributed by atoms with Crippen LogP contribution in [-0.4, -0.2) is 53.9 Å². The molecule has 11 nitrogen and oxygen atoms in total. The first-order valence-electron chi connectivity index (χ1n) is 10.3. The zero-order valence-corrected chi connectivity index (χ0v) is 18.6. The van der Waals surface area contributed by atoms with E-state index in [9.17, 15) is 28.2 Å². The van der Waals surface area contributed by atoms with Crippen LogP contribution in [0.1, 0.15) is 24.0 Å². The molecule has 33 heavy (non-hydrogen) atoms. The van der Waals surface area contributed by atoms with Crippen molar-refractivity contribution >= 4 is 27.5 Å². The van der Waals surface area contributed by atoms with Gasteiger partial charge in [0.1, 0.15) is 16.4 Å². The number of rotatable bonds is 10. The number of amides is 2. The summed E-state index contributed by atoms with van der Waals surface area (Å²) in [5, 5.41) is 25.2. The lowest BCUT2D eigenvalue weighted by Crippen LogP contribution is -2.43. The van der Waals surface area contributed by atoms with Crippen molar-refractivity contribution in [2.45, 2.75) is 36.9 Å². The molecule has 0 bridgehead atoms. The molecule has 0 saturated heterocycles. The van der Waals surface area contributed by atoms with Crippen LogP contribution in [0.25, 0.3) is 0 Å². The summed E-state index contributed by atoms with van der Waals surface area (Å²) in [5.41, 5.74) is 13.1. The molecule has 0 saturated carbocycles. The number of primary amides is 1. The summed E-state index contributed by atoms with van der Waals surface area (Å²) in [6.45, 7) is 1.25. The first-order valence-corrected chi connectivity index (χ1v) is 11.7. The van der Waals surface area contributed by atoms with E-state index < -0.39 is 33.6 Å². The smallest absolute Gasteiger partial charge is 0.247 e. The number of nitrogens with zero attached hydrogens (tertiary/aromatic N) is 1. The molecule has 2 aromatic carbocycles. The number of sulfonamides is 1. The molecule has 0 fully saturated rings. The van der Waals surface area contributed by atoms with E-state index in [0.29, 0.717) is 19.5 Å². The topological polar surface area (TPSA) is 188 Å². The molecule has 0 spiro atoms. The van der Waals surface area contributed by atoms with Gasteiger partial charge in [-0.2, -0.15) is 4.31 Å². The number of anilines is 1. The molecule has 1 atom stereocenters. The minimum Gasteiger partial charge on any atom is -0.508 e. The van der Waals surface area contributed by atoms with E-state index in [2.05, 4.69) is 10.6 Å². The van der Waals surface area contributed by atoms with Gasteiger partial charge in [-0.25, -0.2) is 8.42 Å². The molecule has 2 amide bonds. The first-order chi connectivity index (χ1) is 15.6. The Bertz CT molecular complexity index is 1150. The van der Waals surface area contributed by atoms with Crippen molar-refractivity contribution in [3.05, 3.63) is 47.5 Å². The maximum absolute atomic E-state index is 12.9. The summed E-state index contributed by atoms with van der Waals surface area (Å²) < 4.78 is 27.1. The summed E-state index contributed by atoms with van der Waals surface area (Å²) in [7, 11) is -3.94. The molecule has 1 aliphatic rings. The van der Waals surface area contributed by atoms with Crippen LogP contribution in [0, 0.1) is 0 Å². The second-order valence-corrected chi connectivity index (χ2v) is 9.66. The third-order valence-corrected chi connectivity index (χ3v) is 7.04. The molecule has 1 heterocycles. The lowest BCUT2D eigenvalue weighted by Gasteiger charge is -2.16. The van der Waals surface area contributed by atoms with E-state index in [1.807, 2.05) is 18.2 Å². The fourth-order valence-electron chi connectivity index (χ4n) is 3.48. The summed E-state index contributed by atoms with van der Waals surface area (Å²) in [5.74, 6) is -1.80. The van der Waals surface area contributed by atoms with Crippen LogP contribution >= 0.6 is 0 Å². The monoisotopic (exact) mass is 477 g/mol. The van der Waals surface area contributed by atoms with Crippen molar-refractivity contribution in [2.75, 3.05) is 18.4 Å². The minimum atomic E-state index is -3.94. The molecule has 12 heteroatoms. The van der Waals surface area contributed by atoms with E-state index in [-0.39, 0.29) is 30.2 Å². The Kier molecular flexibility index (Phi) is 7.41. The number of hydrogen-bond acceptors (Lipinski definition) is 8. The van der Waals surface area contributed by atoms with Crippen molar-refractivity contribution in [1.29, 1.82) is 0 Å². The SMILES string of the molecule is NC(=O)C[C@H](N)C(=O)NCCCNc1ccc2c(c1)CN(S(=O)(=O)c1ccc(O)cc1O)C2. The molecule has 0 unspecified atom stereocenters. The predicted molar refractivity (Wildman–Crippen MR) is 121 cm³/mol. The Morgan fingerprint density at radius 3 is 2.48 bits per heavy atom. The molecular weight excluding hydrogens is 450 g/mol. The highest BCUT2D eigenvalue weighted by Crippen LogP contribution is 2.34. The molecule has 3 rings (SSSR count). The fourth-order valence-corrected chi connectivity index (χ4v) is 4.94. The quantitative estimate of drug-likeness (QED) is 0.256. The zero-order chi connectivity index (χ0) is 24.2. The van der Waals surface area contributed by atoms with Crippen LogP contribution in [0.3, 0.4) is 0 Å². The van der Waals surface area contributed by atoms with Crippen LogP contribution in [0.4, 0.5) is 5.69 Å². The van der Waals surface area contributed by atoms with Crippen LogP contribution in [0.5, 0.6) is 11.5 Å². The van der Waals surface area contributed by atoms with Gasteiger partial charge >= 0.3 is 0 Å². The summed E-state index contributed by atoms with van der Waals surface area (Å²) in [4.78, 5) is 22.3. The Morgan fingerprint density at radius 1 is 1.06 bits per heavy atom. The average molecular weight is 478 g/mol. The van der Waals surface area contributed by atoms with E-state index in [4.69, 9.17) is 11.5 Å². The number of hydrogen-bond donors (Lipinski definition) is 6. The van der Waals surface area contributed by atoms with E-state index >= 15 is 0 Å². The van der Waals surface area contributed by atoms with E-state index in [0.717, 1.165) is 22.9 Å². The molecule has 0 radical (unpaired) electrons. The van der Waals surface area contributed by atoms with Crippen molar-refractivity contribution in [3.63, 3.8) is 0 Å². The third kappa shape index (κ3) is 5.92. The molecule has 0 aliphatic carbocycles. The van der Waals surface area contributed by atoms with E-state index in [1.54, 1.807) is 0 Å². The number of phenolic OH excluding ortho intramolecular Hbond substituents is 2. The van der Waals surface area contributed by atoms with Crippen molar-refractivity contribution in [3.8, 4) is 11.5 Å². The third-order valence-electron chi connectivity index (χ3n) is 5.20. The Balaban J connectivity index is 1.52. The number of fused-ring (bicyclic) bond motifs is 1. The number of benzene rings is 2. The Morgan fingerprint density at radius 2 is 1.79 bits per heavy atom. The molecule has 0 aromatic heterocycles. The number of carbonyl (C=O) groups excluding carboxylic acids is 2. The number of aromatic hydroxyl groups is 2. The molecular formula is C21H27N5O6S. The number of nitrogens with one attached hydrogen (secondary N) is 2. The molecule has 2 aromatic rings. The first kappa shape index (κ1) is 24.3. The van der Waals surface area contributed by atoms with Gasteiger partial charge in [0.05, 0.1) is 12.5 Å². The molecule has 8 N–H and O–H groups in total. The highest BCUT2D eigenvalue weighted by molar-refractivity contribution is 7.89. The average Bonchev–Trinajstić information content (AvgIpc) is 3.17. The summed E-state index contributed by atoms with van der Waals surface area (Å²) >= 11 is 0. The number of phenols is 2. The Labute approximate surface area is 191 Å². The summed E-state index contributed by atoms with van der Waals surface area (Å²) in [6, 6.07) is 7.97. The van der Waals surface area contributed by atoms with Gasteiger partial charge in [0, 0.05) is 37.9 Å². The maximum atomic E-state index is 12.9. The van der Waals surface area contributed by atoms with Gasteiger partial charge in [-0.3, -0.25) is 9.59 Å². The standard InChI is InChI=1S/C21H27N5O6S/c22-17(10-20(23)29)21(30)25-7-1-6-24-15-3-2-13-11-26(12-14(13)8-15)33(31,32)19-5-4-16(27)9-18(19)28/h2-5,8-9,17,24,27-28H,1,6-7,10-12,22H2,(H2,23,29)(H,25,30)/t17-/m0/s1. The van der Waals surface area contributed by atoms with Crippen molar-refractivity contribution in [2.24, 2.45) is 11.5 Å². The van der Waals surface area contributed by atoms with Crippen molar-refractivity contribution < 1.29 is 28.2 Å². The van der Waals surface area contributed by atoms with Gasteiger partial charge in [-0.05, 0) is 41.8 Å². The van der Waals surface area contributed by atoms with Gasteiger partial charge < -0.3 is 32.3 Å². The van der Waals surface area contributed by atoms with Crippen LogP contribution in [0.2, 0.25) is 0 Å². The number of nitrogens with two attached hydrogens (primary N) is 2. The van der Waals surface area contributed by atoms with Crippen LogP contribution in [0.15, 0.2) is 41.3 Å². The second kappa shape index (κ2) is 10.1. The Hall–Kier alpha value is -3.35. The summed E-state index contributed by atoms with van der Waals surface area (Å²) in [6.07, 6.45) is 0.394. The lowest BCUT2D eigenvalue weighted by molar-refractivity contribution is -0.126. The number of carbonyl (C=O) groups is 2. The highest BCUT2D eigenvalue weighted by Gasteiger charge is 2.32. The van der Waals surface area contributed by atoms with Gasteiger partial charge in [0.2, 0.25) is 21.8 Å². The van der Waals surface area contributed by atoms with Crippen LogP contribution < -0.4 is 22.1 Å². The van der Waals surface area contributed by atoms with Crippen molar-refractivity contribution in [1.82, 2.24) is 9.62 Å². The van der Waals surface area contributed by atoms with Gasteiger partial charge in [0.25, 0.3) is 0 Å². The molecule has 1 aliphatic heterocycles. The van der Waals surface area contributed by atoms with Gasteiger partial charge in [-0.1, -0.05) is 6.07 Å². The van der Waals surface area contributed by atoms with E-state index in [1.165, 1.54) is 16.4 Å². The minimum absolute atomic E-state index is 0.154. The zero-order valence-electron chi connectivity index (χ0n) is 17.8. The predicted octanol–water partition coefficient (Wildman–Crippen LogP) is -0.0768. The highest BCUT2D eigenvalue weighted by atomic mass is 32.2.